The van der Waals surface area contributed by atoms with Gasteiger partial charge in [0.1, 0.15) is 12.9 Å². The summed E-state index contributed by atoms with van der Waals surface area (Å²) in [6.07, 6.45) is 1.26. The van der Waals surface area contributed by atoms with Gasteiger partial charge in [-0.15, -0.1) is 0 Å². The van der Waals surface area contributed by atoms with Crippen molar-refractivity contribution in [3.63, 3.8) is 0 Å². The lowest BCUT2D eigenvalue weighted by Crippen LogP contribution is -2.28. The number of rotatable bonds is 7. The van der Waals surface area contributed by atoms with Crippen molar-refractivity contribution < 1.29 is 14.3 Å². The van der Waals surface area contributed by atoms with Crippen LogP contribution in [0.1, 0.15) is 36.2 Å². The van der Waals surface area contributed by atoms with Crippen LogP contribution in [0.3, 0.4) is 0 Å². The average Bonchev–Trinajstić information content (AvgIpc) is 2.43. The van der Waals surface area contributed by atoms with Crippen molar-refractivity contribution in [3.8, 4) is 0 Å². The number of hydrogen-bond acceptors (Lipinski definition) is 4. The molecule has 0 radical (unpaired) electrons. The van der Waals surface area contributed by atoms with Crippen LogP contribution in [0.15, 0.2) is 18.2 Å². The Balaban J connectivity index is 2.66. The van der Waals surface area contributed by atoms with Crippen LogP contribution in [-0.2, 0) is 9.53 Å². The van der Waals surface area contributed by atoms with Crippen LogP contribution in [0.25, 0.3) is 0 Å². The number of ether oxygens (including phenoxy) is 1. The van der Waals surface area contributed by atoms with E-state index in [1.54, 1.807) is 6.92 Å². The smallest absolute Gasteiger partial charge is 0.305 e. The second-order valence-electron chi connectivity index (χ2n) is 4.31. The zero-order valence-electron chi connectivity index (χ0n) is 11.8. The molecular weight excluding hydrogens is 242 g/mol. The molecule has 0 atom stereocenters. The molecule has 0 saturated heterocycles. The van der Waals surface area contributed by atoms with Crippen LogP contribution in [0.4, 0.5) is 5.69 Å². The summed E-state index contributed by atoms with van der Waals surface area (Å²) >= 11 is 0. The number of carbonyl (C=O) groups is 2. The number of aryl methyl sites for hydroxylation is 1. The largest absolute Gasteiger partial charge is 0.464 e. The van der Waals surface area contributed by atoms with E-state index < -0.39 is 0 Å². The molecule has 19 heavy (non-hydrogen) atoms. The maximum atomic E-state index is 11.1. The van der Waals surface area contributed by atoms with Crippen molar-refractivity contribution in [3.05, 3.63) is 29.3 Å². The van der Waals surface area contributed by atoms with Gasteiger partial charge in [0.2, 0.25) is 0 Å². The summed E-state index contributed by atoms with van der Waals surface area (Å²) in [5.41, 5.74) is 2.70. The molecule has 0 aliphatic carbocycles. The predicted molar refractivity (Wildman–Crippen MR) is 75.7 cm³/mol. The lowest BCUT2D eigenvalue weighted by Gasteiger charge is -2.23. The van der Waals surface area contributed by atoms with Crippen LogP contribution < -0.4 is 4.90 Å². The SMILES string of the molecule is CCC(=O)OCCN(CC)c1ccc(C=O)c(C)c1. The van der Waals surface area contributed by atoms with Crippen LogP contribution >= 0.6 is 0 Å². The molecule has 4 nitrogen and oxygen atoms in total. The van der Waals surface area contributed by atoms with E-state index in [1.165, 1.54) is 0 Å². The number of esters is 1. The maximum Gasteiger partial charge on any atom is 0.305 e. The normalized spacial score (nSPS) is 10.1. The van der Waals surface area contributed by atoms with E-state index in [0.717, 1.165) is 24.1 Å². The maximum absolute atomic E-state index is 11.1. The molecule has 1 rings (SSSR count). The van der Waals surface area contributed by atoms with Crippen molar-refractivity contribution >= 4 is 17.9 Å². The minimum absolute atomic E-state index is 0.177. The van der Waals surface area contributed by atoms with Gasteiger partial charge in [-0.05, 0) is 37.6 Å². The second kappa shape index (κ2) is 7.56. The highest BCUT2D eigenvalue weighted by molar-refractivity contribution is 5.78. The topological polar surface area (TPSA) is 46.6 Å². The van der Waals surface area contributed by atoms with Crippen molar-refractivity contribution in [1.82, 2.24) is 0 Å². The van der Waals surface area contributed by atoms with Gasteiger partial charge in [-0.1, -0.05) is 6.92 Å². The first-order valence-electron chi connectivity index (χ1n) is 6.58. The van der Waals surface area contributed by atoms with Gasteiger partial charge in [0, 0.05) is 24.2 Å². The molecule has 0 fully saturated rings. The molecule has 104 valence electrons. The minimum Gasteiger partial charge on any atom is -0.464 e. The lowest BCUT2D eigenvalue weighted by atomic mass is 10.1. The minimum atomic E-state index is -0.177. The zero-order chi connectivity index (χ0) is 14.3. The average molecular weight is 263 g/mol. The summed E-state index contributed by atoms with van der Waals surface area (Å²) in [6.45, 7) is 7.60. The van der Waals surface area contributed by atoms with E-state index in [4.69, 9.17) is 4.74 Å². The molecule has 0 aliphatic rings. The third kappa shape index (κ3) is 4.39. The van der Waals surface area contributed by atoms with Crippen LogP contribution in [-0.4, -0.2) is 32.0 Å². The summed E-state index contributed by atoms with van der Waals surface area (Å²) in [5, 5.41) is 0. The summed E-state index contributed by atoms with van der Waals surface area (Å²) in [5.74, 6) is -0.177. The molecule has 0 aromatic heterocycles. The number of hydrogen-bond donors (Lipinski definition) is 0. The Hall–Kier alpha value is -1.84. The third-order valence-electron chi connectivity index (χ3n) is 3.04. The van der Waals surface area contributed by atoms with Crippen LogP contribution in [0.5, 0.6) is 0 Å². The van der Waals surface area contributed by atoms with Gasteiger partial charge < -0.3 is 9.64 Å². The van der Waals surface area contributed by atoms with E-state index in [-0.39, 0.29) is 5.97 Å². The third-order valence-corrected chi connectivity index (χ3v) is 3.04. The van der Waals surface area contributed by atoms with E-state index in [9.17, 15) is 9.59 Å². The van der Waals surface area contributed by atoms with Gasteiger partial charge in [0.25, 0.3) is 0 Å². The standard InChI is InChI=1S/C15H21NO3/c1-4-15(18)19-9-8-16(5-2)14-7-6-13(11-17)12(3)10-14/h6-7,10-11H,4-5,8-9H2,1-3H3. The highest BCUT2D eigenvalue weighted by atomic mass is 16.5. The van der Waals surface area contributed by atoms with Crippen molar-refractivity contribution in [2.24, 2.45) is 0 Å². The number of benzene rings is 1. The summed E-state index contributed by atoms with van der Waals surface area (Å²) in [4.78, 5) is 24.0. The van der Waals surface area contributed by atoms with Gasteiger partial charge in [0.15, 0.2) is 0 Å². The molecule has 0 spiro atoms. The molecule has 0 N–H and O–H groups in total. The number of likely N-dealkylation sites (N-methyl/N-ethyl adjacent to an activating group) is 1. The number of anilines is 1. The van der Waals surface area contributed by atoms with Crippen molar-refractivity contribution in [2.45, 2.75) is 27.2 Å². The monoisotopic (exact) mass is 263 g/mol. The molecule has 0 amide bonds. The Morgan fingerprint density at radius 1 is 1.37 bits per heavy atom. The quantitative estimate of drug-likeness (QED) is 0.560. The summed E-state index contributed by atoms with van der Waals surface area (Å²) in [7, 11) is 0. The Labute approximate surface area is 114 Å². The zero-order valence-corrected chi connectivity index (χ0v) is 11.8. The van der Waals surface area contributed by atoms with Gasteiger partial charge in [-0.25, -0.2) is 0 Å². The van der Waals surface area contributed by atoms with Gasteiger partial charge >= 0.3 is 5.97 Å². The van der Waals surface area contributed by atoms with E-state index in [1.807, 2.05) is 32.0 Å². The number of aldehydes is 1. The Kier molecular flexibility index (Phi) is 6.06. The van der Waals surface area contributed by atoms with E-state index in [2.05, 4.69) is 4.90 Å². The summed E-state index contributed by atoms with van der Waals surface area (Å²) in [6, 6.07) is 5.72. The molecule has 0 heterocycles. The fourth-order valence-corrected chi connectivity index (χ4v) is 1.83. The van der Waals surface area contributed by atoms with Crippen LogP contribution in [0, 0.1) is 6.92 Å². The first kappa shape index (κ1) is 15.2. The number of nitrogens with zero attached hydrogens (tertiary/aromatic N) is 1. The van der Waals surface area contributed by atoms with Gasteiger partial charge in [-0.3, -0.25) is 9.59 Å². The van der Waals surface area contributed by atoms with Crippen molar-refractivity contribution in [2.75, 3.05) is 24.6 Å². The molecule has 0 saturated carbocycles. The van der Waals surface area contributed by atoms with E-state index >= 15 is 0 Å². The number of carbonyl (C=O) groups excluding carboxylic acids is 2. The van der Waals surface area contributed by atoms with E-state index in [0.29, 0.717) is 25.1 Å². The Morgan fingerprint density at radius 3 is 2.63 bits per heavy atom. The lowest BCUT2D eigenvalue weighted by molar-refractivity contribution is -0.142. The first-order valence-corrected chi connectivity index (χ1v) is 6.58. The Bertz CT molecular complexity index is 443. The first-order chi connectivity index (χ1) is 9.12. The molecule has 4 heteroatoms. The molecule has 0 unspecified atom stereocenters. The van der Waals surface area contributed by atoms with Gasteiger partial charge in [0.05, 0.1) is 6.54 Å². The molecule has 0 aliphatic heterocycles. The van der Waals surface area contributed by atoms with Gasteiger partial charge in [-0.2, -0.15) is 0 Å². The molecule has 1 aromatic rings. The molecular formula is C15H21NO3. The predicted octanol–water partition coefficient (Wildman–Crippen LogP) is 2.59. The fraction of sp³-hybridized carbons (Fsp3) is 0.467. The highest BCUT2D eigenvalue weighted by Crippen LogP contribution is 2.18. The molecule has 0 bridgehead atoms. The van der Waals surface area contributed by atoms with Crippen LogP contribution in [0.2, 0.25) is 0 Å². The molecule has 1 aromatic carbocycles. The fourth-order valence-electron chi connectivity index (χ4n) is 1.83. The Morgan fingerprint density at radius 2 is 2.11 bits per heavy atom. The highest BCUT2D eigenvalue weighted by Gasteiger charge is 2.07. The van der Waals surface area contributed by atoms with Crippen molar-refractivity contribution in [1.29, 1.82) is 0 Å². The summed E-state index contributed by atoms with van der Waals surface area (Å²) < 4.78 is 5.08. The second-order valence-corrected chi connectivity index (χ2v) is 4.31.